The lowest BCUT2D eigenvalue weighted by Gasteiger charge is -2.09. The summed E-state index contributed by atoms with van der Waals surface area (Å²) in [5.74, 6) is -0.508. The largest absolute Gasteiger partial charge is 0.506 e. The summed E-state index contributed by atoms with van der Waals surface area (Å²) in [5.41, 5.74) is 1.46. The molecule has 0 aliphatic carbocycles. The Labute approximate surface area is 120 Å². The molecule has 0 atom stereocenters. The van der Waals surface area contributed by atoms with Gasteiger partial charge in [-0.25, -0.2) is 0 Å². The highest BCUT2D eigenvalue weighted by Crippen LogP contribution is 2.29. The van der Waals surface area contributed by atoms with Crippen LogP contribution in [-0.2, 0) is 0 Å². The summed E-state index contributed by atoms with van der Waals surface area (Å²) in [4.78, 5) is 15.7. The molecule has 0 fully saturated rings. The first-order valence-electron chi connectivity index (χ1n) is 5.38. The van der Waals surface area contributed by atoms with Crippen LogP contribution in [0, 0.1) is 6.92 Å². The molecule has 6 heteroatoms. The van der Waals surface area contributed by atoms with E-state index in [1.165, 1.54) is 18.5 Å². The Morgan fingerprint density at radius 1 is 1.21 bits per heavy atom. The van der Waals surface area contributed by atoms with Crippen LogP contribution in [0.25, 0.3) is 0 Å². The molecule has 0 aliphatic rings. The Kier molecular flexibility index (Phi) is 3.93. The van der Waals surface area contributed by atoms with Gasteiger partial charge in [0.2, 0.25) is 0 Å². The molecular formula is C13H10Cl2N2O2. The summed E-state index contributed by atoms with van der Waals surface area (Å²) in [6.45, 7) is 1.82. The maximum absolute atomic E-state index is 12.0. The van der Waals surface area contributed by atoms with Crippen LogP contribution < -0.4 is 5.32 Å². The van der Waals surface area contributed by atoms with Gasteiger partial charge in [-0.1, -0.05) is 23.2 Å². The van der Waals surface area contributed by atoms with Crippen LogP contribution in [0.3, 0.4) is 0 Å². The normalized spacial score (nSPS) is 10.3. The summed E-state index contributed by atoms with van der Waals surface area (Å²) in [6, 6.07) is 4.56. The third-order valence-electron chi connectivity index (χ3n) is 2.48. The number of pyridine rings is 1. The van der Waals surface area contributed by atoms with E-state index in [1.54, 1.807) is 12.1 Å². The Morgan fingerprint density at radius 2 is 1.95 bits per heavy atom. The molecule has 1 aromatic carbocycles. The molecule has 4 nitrogen and oxygen atoms in total. The molecule has 0 bridgehead atoms. The number of anilines is 1. The zero-order valence-corrected chi connectivity index (χ0v) is 11.5. The average Bonchev–Trinajstić information content (AvgIpc) is 2.36. The lowest BCUT2D eigenvalue weighted by atomic mass is 10.2. The highest BCUT2D eigenvalue weighted by Gasteiger charge is 2.11. The average molecular weight is 297 g/mol. The summed E-state index contributed by atoms with van der Waals surface area (Å²) < 4.78 is 0. The van der Waals surface area contributed by atoms with Gasteiger partial charge in [-0.05, 0) is 30.7 Å². The van der Waals surface area contributed by atoms with Crippen molar-refractivity contribution in [2.45, 2.75) is 6.92 Å². The molecule has 2 aromatic rings. The number of carbonyl (C=O) groups is 1. The van der Waals surface area contributed by atoms with E-state index in [1.807, 2.05) is 6.92 Å². The van der Waals surface area contributed by atoms with Gasteiger partial charge < -0.3 is 10.4 Å². The van der Waals surface area contributed by atoms with Crippen LogP contribution in [0.5, 0.6) is 5.75 Å². The summed E-state index contributed by atoms with van der Waals surface area (Å²) in [5, 5.41) is 12.8. The summed E-state index contributed by atoms with van der Waals surface area (Å²) in [6.07, 6.45) is 2.59. The van der Waals surface area contributed by atoms with Crippen LogP contribution in [0.4, 0.5) is 5.69 Å². The number of aromatic hydroxyl groups is 1. The molecule has 19 heavy (non-hydrogen) atoms. The molecule has 0 saturated heterocycles. The Hall–Kier alpha value is -1.78. The fourth-order valence-electron chi connectivity index (χ4n) is 1.49. The minimum Gasteiger partial charge on any atom is -0.506 e. The molecule has 1 aromatic heterocycles. The minimum absolute atomic E-state index is 0.0827. The van der Waals surface area contributed by atoms with Crippen LogP contribution in [-0.4, -0.2) is 16.0 Å². The van der Waals surface area contributed by atoms with Gasteiger partial charge in [-0.3, -0.25) is 9.78 Å². The van der Waals surface area contributed by atoms with Crippen molar-refractivity contribution < 1.29 is 9.90 Å². The monoisotopic (exact) mass is 296 g/mol. The van der Waals surface area contributed by atoms with Gasteiger partial charge in [0, 0.05) is 11.2 Å². The van der Waals surface area contributed by atoms with Gasteiger partial charge in [-0.2, -0.15) is 0 Å². The van der Waals surface area contributed by atoms with Crippen LogP contribution >= 0.6 is 23.2 Å². The van der Waals surface area contributed by atoms with E-state index in [-0.39, 0.29) is 11.3 Å². The third-order valence-corrected chi connectivity index (χ3v) is 3.20. The maximum Gasteiger partial charge on any atom is 0.257 e. The second-order valence-corrected chi connectivity index (χ2v) is 4.78. The number of nitrogens with zero attached hydrogens (tertiary/aromatic N) is 1. The van der Waals surface area contributed by atoms with E-state index in [0.29, 0.717) is 15.7 Å². The molecule has 0 aliphatic heterocycles. The van der Waals surface area contributed by atoms with Gasteiger partial charge in [0.25, 0.3) is 5.91 Å². The predicted octanol–water partition coefficient (Wildman–Crippen LogP) is 3.65. The van der Waals surface area contributed by atoms with Crippen molar-refractivity contribution in [2.75, 3.05) is 5.32 Å². The van der Waals surface area contributed by atoms with E-state index in [4.69, 9.17) is 23.2 Å². The number of aryl methyl sites for hydroxylation is 1. The smallest absolute Gasteiger partial charge is 0.257 e. The SMILES string of the molecule is Cc1cc(Cl)c(NC(=O)c2cncc(O)c2)cc1Cl. The van der Waals surface area contributed by atoms with E-state index in [9.17, 15) is 9.90 Å². The van der Waals surface area contributed by atoms with Gasteiger partial charge in [0.05, 0.1) is 22.5 Å². The fourth-order valence-corrected chi connectivity index (χ4v) is 1.92. The molecule has 0 saturated carbocycles. The highest BCUT2D eigenvalue weighted by atomic mass is 35.5. The van der Waals surface area contributed by atoms with Crippen LogP contribution in [0.15, 0.2) is 30.6 Å². The van der Waals surface area contributed by atoms with E-state index < -0.39 is 5.91 Å². The molecule has 98 valence electrons. The highest BCUT2D eigenvalue weighted by molar-refractivity contribution is 6.36. The van der Waals surface area contributed by atoms with E-state index in [0.717, 1.165) is 5.56 Å². The zero-order chi connectivity index (χ0) is 14.0. The topological polar surface area (TPSA) is 62.2 Å². The first-order chi connectivity index (χ1) is 8.97. The summed E-state index contributed by atoms with van der Waals surface area (Å²) in [7, 11) is 0. The van der Waals surface area contributed by atoms with E-state index in [2.05, 4.69) is 10.3 Å². The second kappa shape index (κ2) is 5.47. The van der Waals surface area contributed by atoms with Gasteiger partial charge >= 0.3 is 0 Å². The number of carbonyl (C=O) groups excluding carboxylic acids is 1. The number of hydrogen-bond acceptors (Lipinski definition) is 3. The molecule has 2 N–H and O–H groups in total. The Bertz CT molecular complexity index is 645. The van der Waals surface area contributed by atoms with Gasteiger partial charge in [0.15, 0.2) is 0 Å². The van der Waals surface area contributed by atoms with Crippen molar-refractivity contribution in [3.05, 3.63) is 51.8 Å². The maximum atomic E-state index is 12.0. The molecular weight excluding hydrogens is 287 g/mol. The van der Waals surface area contributed by atoms with Crippen molar-refractivity contribution in [1.29, 1.82) is 0 Å². The number of benzene rings is 1. The Balaban J connectivity index is 2.27. The van der Waals surface area contributed by atoms with Crippen molar-refractivity contribution >= 4 is 34.8 Å². The number of amides is 1. The lowest BCUT2D eigenvalue weighted by molar-refractivity contribution is 0.102. The van der Waals surface area contributed by atoms with Crippen molar-refractivity contribution in [1.82, 2.24) is 4.98 Å². The second-order valence-electron chi connectivity index (χ2n) is 3.97. The van der Waals surface area contributed by atoms with Crippen LogP contribution in [0.2, 0.25) is 10.0 Å². The number of halogens is 2. The molecule has 0 spiro atoms. The number of hydrogen-bond donors (Lipinski definition) is 2. The Morgan fingerprint density at radius 3 is 2.63 bits per heavy atom. The first-order valence-corrected chi connectivity index (χ1v) is 6.14. The fraction of sp³-hybridized carbons (Fsp3) is 0.0769. The number of rotatable bonds is 2. The van der Waals surface area contributed by atoms with E-state index >= 15 is 0 Å². The quantitative estimate of drug-likeness (QED) is 0.889. The van der Waals surface area contributed by atoms with Gasteiger partial charge in [0.1, 0.15) is 5.75 Å². The molecule has 1 heterocycles. The third kappa shape index (κ3) is 3.16. The standard InChI is InChI=1S/C13H10Cl2N2O2/c1-7-2-11(15)12(4-10(7)14)17-13(19)8-3-9(18)6-16-5-8/h2-6,18H,1H3,(H,17,19). The molecule has 1 amide bonds. The lowest BCUT2D eigenvalue weighted by Crippen LogP contribution is -2.12. The summed E-state index contributed by atoms with van der Waals surface area (Å²) >= 11 is 12.0. The number of nitrogens with one attached hydrogen (secondary N) is 1. The number of aromatic nitrogens is 1. The molecule has 2 rings (SSSR count). The van der Waals surface area contributed by atoms with Crippen molar-refractivity contribution in [3.63, 3.8) is 0 Å². The molecule has 0 unspecified atom stereocenters. The van der Waals surface area contributed by atoms with Gasteiger partial charge in [-0.15, -0.1) is 0 Å². The van der Waals surface area contributed by atoms with Crippen molar-refractivity contribution in [3.8, 4) is 5.75 Å². The predicted molar refractivity (Wildman–Crippen MR) is 75.1 cm³/mol. The van der Waals surface area contributed by atoms with Crippen LogP contribution in [0.1, 0.15) is 15.9 Å². The first kappa shape index (κ1) is 13.6. The molecule has 0 radical (unpaired) electrons. The minimum atomic E-state index is -0.426. The van der Waals surface area contributed by atoms with Crippen molar-refractivity contribution in [2.24, 2.45) is 0 Å². The zero-order valence-electron chi connectivity index (χ0n) is 9.95.